The minimum Gasteiger partial charge on any atom is -0.497 e. The first-order chi connectivity index (χ1) is 22.3. The van der Waals surface area contributed by atoms with Crippen molar-refractivity contribution in [2.45, 2.75) is 114 Å². The molecule has 0 aromatic heterocycles. The summed E-state index contributed by atoms with van der Waals surface area (Å²) in [7, 11) is -2.13. The molecular weight excluding hydrogens is 598 g/mol. The molecule has 2 aliphatic heterocycles. The van der Waals surface area contributed by atoms with Crippen LogP contribution < -0.4 is 10.1 Å². The van der Waals surface area contributed by atoms with Gasteiger partial charge in [0.05, 0.1) is 18.6 Å². The Morgan fingerprint density at radius 2 is 1.59 bits per heavy atom. The summed E-state index contributed by atoms with van der Waals surface area (Å²) in [5, 5.41) is 3.23. The second-order valence-electron chi connectivity index (χ2n) is 13.7. The highest BCUT2D eigenvalue weighted by Gasteiger charge is 2.36. The number of benzene rings is 2. The third kappa shape index (κ3) is 8.91. The fourth-order valence-electron chi connectivity index (χ4n) is 8.14. The van der Waals surface area contributed by atoms with Gasteiger partial charge in [0.15, 0.2) is 0 Å². The number of nitrogens with one attached hydrogen (secondary N) is 1. The molecule has 1 aliphatic carbocycles. The lowest BCUT2D eigenvalue weighted by atomic mass is 9.78. The fourth-order valence-corrected chi connectivity index (χ4v) is 10.2. The number of aryl methyl sites for hydroxylation is 3. The zero-order chi connectivity index (χ0) is 32.5. The molecule has 0 spiro atoms. The highest BCUT2D eigenvalue weighted by atomic mass is 32.2. The Hall–Kier alpha value is -2.46. The zero-order valence-electron chi connectivity index (χ0n) is 28.2. The first-order valence-corrected chi connectivity index (χ1v) is 19.0. The van der Waals surface area contributed by atoms with Gasteiger partial charge < -0.3 is 19.7 Å². The maximum atomic E-state index is 13.8. The number of likely N-dealkylation sites (tertiary alicyclic amines) is 1. The van der Waals surface area contributed by atoms with E-state index in [1.165, 1.54) is 44.3 Å². The summed E-state index contributed by atoms with van der Waals surface area (Å²) in [5.74, 6) is 1.22. The number of amides is 1. The van der Waals surface area contributed by atoms with Gasteiger partial charge in [-0.25, -0.2) is 8.42 Å². The largest absolute Gasteiger partial charge is 0.497 e. The Bertz CT molecular complexity index is 1350. The van der Waals surface area contributed by atoms with Gasteiger partial charge >= 0.3 is 0 Å². The van der Waals surface area contributed by atoms with Crippen LogP contribution in [0.1, 0.15) is 87.3 Å². The molecule has 1 N–H and O–H groups in total. The lowest BCUT2D eigenvalue weighted by Gasteiger charge is -2.42. The number of nitrogens with zero attached hydrogens (tertiary/aromatic N) is 2. The summed E-state index contributed by atoms with van der Waals surface area (Å²) in [6.07, 6.45) is 13.0. The standard InChI is InChI=1S/C37H55N3O5S/c1-28-24-34(44-3)25-29(2)37(28)46(42,43)40-23-11-8-14-33(40)26-45-27-36(41)38-32-18-16-31(17-19-32)35(39-21-9-5-10-22-39)20-15-30-12-6-4-7-13-30/h4,6-7,12-13,24-25,31-33,35H,5,8-11,14-23,26-27H2,1-3H3,(H,38,41). The lowest BCUT2D eigenvalue weighted by Crippen LogP contribution is -2.48. The summed E-state index contributed by atoms with van der Waals surface area (Å²) in [5.41, 5.74) is 2.77. The number of rotatable bonds is 13. The molecule has 0 radical (unpaired) electrons. The number of methoxy groups -OCH3 is 1. The summed E-state index contributed by atoms with van der Waals surface area (Å²) in [4.78, 5) is 16.0. The number of hydrogen-bond donors (Lipinski definition) is 1. The van der Waals surface area contributed by atoms with E-state index in [2.05, 4.69) is 40.5 Å². The van der Waals surface area contributed by atoms with Crippen molar-refractivity contribution in [3.05, 3.63) is 59.2 Å². The van der Waals surface area contributed by atoms with Crippen molar-refractivity contribution in [1.29, 1.82) is 0 Å². The van der Waals surface area contributed by atoms with Crippen molar-refractivity contribution in [2.24, 2.45) is 5.92 Å². The normalized spacial score (nSPS) is 23.9. The molecule has 2 aromatic rings. The van der Waals surface area contributed by atoms with Crippen molar-refractivity contribution in [2.75, 3.05) is 40.0 Å². The second kappa shape index (κ2) is 16.6. The van der Waals surface area contributed by atoms with Crippen LogP contribution in [-0.4, -0.2) is 81.6 Å². The van der Waals surface area contributed by atoms with Crippen LogP contribution in [0.25, 0.3) is 0 Å². The van der Waals surface area contributed by atoms with Crippen molar-refractivity contribution in [3.63, 3.8) is 0 Å². The third-order valence-corrected chi connectivity index (χ3v) is 12.7. The number of hydrogen-bond acceptors (Lipinski definition) is 6. The smallest absolute Gasteiger partial charge is 0.246 e. The number of sulfonamides is 1. The Morgan fingerprint density at radius 1 is 0.913 bits per heavy atom. The van der Waals surface area contributed by atoms with Gasteiger partial charge in [-0.1, -0.05) is 43.2 Å². The first kappa shape index (κ1) is 34.9. The van der Waals surface area contributed by atoms with Crippen LogP contribution >= 0.6 is 0 Å². The molecule has 2 saturated heterocycles. The van der Waals surface area contributed by atoms with Gasteiger partial charge in [0.2, 0.25) is 15.9 Å². The quantitative estimate of drug-likeness (QED) is 0.284. The molecule has 46 heavy (non-hydrogen) atoms. The van der Waals surface area contributed by atoms with Crippen LogP contribution in [0.15, 0.2) is 47.4 Å². The summed E-state index contributed by atoms with van der Waals surface area (Å²) < 4.78 is 40.5. The number of piperidine rings is 2. The molecule has 1 amide bonds. The molecular formula is C37H55N3O5S. The van der Waals surface area contributed by atoms with Gasteiger partial charge in [-0.2, -0.15) is 4.31 Å². The van der Waals surface area contributed by atoms with E-state index in [-0.39, 0.29) is 31.2 Å². The molecule has 2 heterocycles. The van der Waals surface area contributed by atoms with Crippen molar-refractivity contribution in [3.8, 4) is 5.75 Å². The highest BCUT2D eigenvalue weighted by molar-refractivity contribution is 7.89. The Kier molecular flexibility index (Phi) is 12.6. The van der Waals surface area contributed by atoms with E-state index >= 15 is 0 Å². The predicted molar refractivity (Wildman–Crippen MR) is 183 cm³/mol. The molecule has 5 rings (SSSR count). The minimum atomic E-state index is -3.72. The Morgan fingerprint density at radius 3 is 2.26 bits per heavy atom. The Balaban J connectivity index is 1.10. The van der Waals surface area contributed by atoms with Gasteiger partial charge in [0.1, 0.15) is 12.4 Å². The van der Waals surface area contributed by atoms with E-state index < -0.39 is 10.0 Å². The molecule has 9 heteroatoms. The summed E-state index contributed by atoms with van der Waals surface area (Å²) >= 11 is 0. The van der Waals surface area contributed by atoms with Crippen LogP contribution in [0.3, 0.4) is 0 Å². The van der Waals surface area contributed by atoms with Gasteiger partial charge in [-0.05, 0) is 126 Å². The van der Waals surface area contributed by atoms with Gasteiger partial charge in [0.25, 0.3) is 0 Å². The first-order valence-electron chi connectivity index (χ1n) is 17.6. The fraction of sp³-hybridized carbons (Fsp3) is 0.649. The summed E-state index contributed by atoms with van der Waals surface area (Å²) in [6, 6.07) is 14.9. The third-order valence-electron chi connectivity index (χ3n) is 10.5. The molecule has 3 aliphatic rings. The number of carbonyl (C=O) groups is 1. The SMILES string of the molecule is COc1cc(C)c(S(=O)(=O)N2CCCCC2COCC(=O)NC2CCC(C(CCc3ccccc3)N3CCCCC3)CC2)c(C)c1. The maximum Gasteiger partial charge on any atom is 0.246 e. The molecule has 2 unspecified atom stereocenters. The minimum absolute atomic E-state index is 0.0433. The molecule has 2 aromatic carbocycles. The number of carbonyl (C=O) groups excluding carboxylic acids is 1. The van der Waals surface area contributed by atoms with E-state index in [9.17, 15) is 13.2 Å². The van der Waals surface area contributed by atoms with E-state index in [4.69, 9.17) is 9.47 Å². The van der Waals surface area contributed by atoms with E-state index in [0.29, 0.717) is 40.3 Å². The zero-order valence-corrected chi connectivity index (χ0v) is 29.0. The van der Waals surface area contributed by atoms with E-state index in [1.807, 2.05) is 13.8 Å². The van der Waals surface area contributed by atoms with Gasteiger partial charge in [0, 0.05) is 24.7 Å². The van der Waals surface area contributed by atoms with Crippen LogP contribution in [0, 0.1) is 19.8 Å². The molecule has 0 bridgehead atoms. The molecule has 3 fully saturated rings. The highest BCUT2D eigenvalue weighted by Crippen LogP contribution is 2.34. The van der Waals surface area contributed by atoms with E-state index in [0.717, 1.165) is 51.4 Å². The molecule has 1 saturated carbocycles. The lowest BCUT2D eigenvalue weighted by molar-refractivity contribution is -0.127. The second-order valence-corrected chi connectivity index (χ2v) is 15.6. The van der Waals surface area contributed by atoms with E-state index in [1.54, 1.807) is 23.5 Å². The molecule has 8 nitrogen and oxygen atoms in total. The predicted octanol–water partition coefficient (Wildman–Crippen LogP) is 6.03. The van der Waals surface area contributed by atoms with Gasteiger partial charge in [-0.15, -0.1) is 0 Å². The number of ether oxygens (including phenoxy) is 2. The summed E-state index contributed by atoms with van der Waals surface area (Å²) in [6.45, 7) is 6.69. The topological polar surface area (TPSA) is 88.2 Å². The molecule has 2 atom stereocenters. The van der Waals surface area contributed by atoms with Crippen molar-refractivity contribution >= 4 is 15.9 Å². The Labute approximate surface area is 277 Å². The maximum absolute atomic E-state index is 13.8. The van der Waals surface area contributed by atoms with Crippen molar-refractivity contribution < 1.29 is 22.7 Å². The molecule has 254 valence electrons. The van der Waals surface area contributed by atoms with Crippen molar-refractivity contribution in [1.82, 2.24) is 14.5 Å². The monoisotopic (exact) mass is 653 g/mol. The average Bonchev–Trinajstić information content (AvgIpc) is 3.06. The van der Waals surface area contributed by atoms with Crippen LogP contribution in [-0.2, 0) is 26.0 Å². The van der Waals surface area contributed by atoms with Crippen LogP contribution in [0.4, 0.5) is 0 Å². The van der Waals surface area contributed by atoms with Crippen LogP contribution in [0.5, 0.6) is 5.75 Å². The van der Waals surface area contributed by atoms with Crippen LogP contribution in [0.2, 0.25) is 0 Å². The average molecular weight is 654 g/mol. The van der Waals surface area contributed by atoms with Gasteiger partial charge in [-0.3, -0.25) is 4.79 Å².